The van der Waals surface area contributed by atoms with Crippen molar-refractivity contribution in [2.75, 3.05) is 19.6 Å². The molecule has 0 bridgehead atoms. The highest BCUT2D eigenvalue weighted by atomic mass is 79.9. The van der Waals surface area contributed by atoms with Gasteiger partial charge in [-0.25, -0.2) is 0 Å². The Balaban J connectivity index is 1.99. The standard InChI is InChI=1S/C28H41BrN2OSi/c1-9-17-30-19-22(3)31(20-21(30)2)27(23-13-15-25(29)16-14-23)24-11-10-12-26(18-24)32-33(7,8)28(4,5)6/h9-16,18,21-22,27H,1,17,19-20H2,2-8H3/t21-,22+,27+/m1/s1. The van der Waals surface area contributed by atoms with Gasteiger partial charge in [-0.1, -0.05) is 67.0 Å². The van der Waals surface area contributed by atoms with Gasteiger partial charge in [0.05, 0.1) is 6.04 Å². The van der Waals surface area contributed by atoms with Crippen LogP contribution in [0.5, 0.6) is 5.75 Å². The average molecular weight is 530 g/mol. The number of nitrogens with zero attached hydrogens (tertiary/aromatic N) is 2. The Kier molecular flexibility index (Phi) is 8.31. The normalized spacial score (nSPS) is 21.6. The Labute approximate surface area is 211 Å². The summed E-state index contributed by atoms with van der Waals surface area (Å²) in [5.41, 5.74) is 2.61. The van der Waals surface area contributed by atoms with Crippen LogP contribution in [0.1, 0.15) is 51.8 Å². The lowest BCUT2D eigenvalue weighted by Crippen LogP contribution is -2.57. The van der Waals surface area contributed by atoms with E-state index in [1.165, 1.54) is 11.1 Å². The van der Waals surface area contributed by atoms with Crippen molar-refractivity contribution in [3.05, 3.63) is 76.8 Å². The Hall–Kier alpha value is -1.40. The Bertz CT molecular complexity index is 938. The molecule has 1 aliphatic heterocycles. The van der Waals surface area contributed by atoms with Crippen LogP contribution < -0.4 is 4.43 Å². The third kappa shape index (κ3) is 6.19. The SMILES string of the molecule is C=CCN1C[C@H](C)N([C@@H](c2ccc(Br)cc2)c2cccc(O[Si](C)(C)C(C)(C)C)c2)C[C@H]1C. The molecule has 0 aromatic heterocycles. The van der Waals surface area contributed by atoms with Crippen molar-refractivity contribution in [2.45, 2.75) is 70.9 Å². The molecule has 180 valence electrons. The topological polar surface area (TPSA) is 15.7 Å². The highest BCUT2D eigenvalue weighted by Crippen LogP contribution is 2.39. The molecule has 3 rings (SSSR count). The first-order valence-electron chi connectivity index (χ1n) is 12.1. The molecule has 0 unspecified atom stereocenters. The third-order valence-electron chi connectivity index (χ3n) is 7.40. The second kappa shape index (κ2) is 10.5. The molecular formula is C28H41BrN2OSi. The van der Waals surface area contributed by atoms with Gasteiger partial charge in [-0.2, -0.15) is 0 Å². The van der Waals surface area contributed by atoms with Crippen LogP contribution in [0.25, 0.3) is 0 Å². The van der Waals surface area contributed by atoms with Gasteiger partial charge >= 0.3 is 0 Å². The van der Waals surface area contributed by atoms with Gasteiger partial charge in [0.1, 0.15) is 5.75 Å². The van der Waals surface area contributed by atoms with E-state index in [-0.39, 0.29) is 11.1 Å². The highest BCUT2D eigenvalue weighted by Gasteiger charge is 2.39. The van der Waals surface area contributed by atoms with Crippen LogP contribution in [0, 0.1) is 0 Å². The Morgan fingerprint density at radius 1 is 1.06 bits per heavy atom. The van der Waals surface area contributed by atoms with Crippen LogP contribution in [-0.2, 0) is 0 Å². The van der Waals surface area contributed by atoms with Gasteiger partial charge in [0.15, 0.2) is 0 Å². The van der Waals surface area contributed by atoms with Crippen molar-refractivity contribution >= 4 is 24.2 Å². The molecule has 5 heteroatoms. The van der Waals surface area contributed by atoms with Crippen LogP contribution in [0.15, 0.2) is 65.7 Å². The van der Waals surface area contributed by atoms with Crippen LogP contribution >= 0.6 is 15.9 Å². The molecule has 0 saturated carbocycles. The summed E-state index contributed by atoms with van der Waals surface area (Å²) in [6.45, 7) is 23.1. The lowest BCUT2D eigenvalue weighted by molar-refractivity contribution is 0.0306. The van der Waals surface area contributed by atoms with Crippen LogP contribution in [0.3, 0.4) is 0 Å². The predicted molar refractivity (Wildman–Crippen MR) is 148 cm³/mol. The summed E-state index contributed by atoms with van der Waals surface area (Å²) in [5, 5.41) is 0.166. The summed E-state index contributed by atoms with van der Waals surface area (Å²) in [6, 6.07) is 18.7. The molecule has 2 aromatic carbocycles. The summed E-state index contributed by atoms with van der Waals surface area (Å²) in [5.74, 6) is 0.993. The van der Waals surface area contributed by atoms with E-state index in [2.05, 4.69) is 129 Å². The van der Waals surface area contributed by atoms with Crippen molar-refractivity contribution in [3.63, 3.8) is 0 Å². The minimum Gasteiger partial charge on any atom is -0.543 e. The first kappa shape index (κ1) is 26.2. The van der Waals surface area contributed by atoms with Gasteiger partial charge in [0, 0.05) is 36.2 Å². The Morgan fingerprint density at radius 3 is 2.33 bits per heavy atom. The van der Waals surface area contributed by atoms with Crippen molar-refractivity contribution in [1.82, 2.24) is 9.80 Å². The molecule has 1 saturated heterocycles. The molecular weight excluding hydrogens is 488 g/mol. The van der Waals surface area contributed by atoms with E-state index in [1.54, 1.807) is 0 Å². The zero-order valence-electron chi connectivity index (χ0n) is 21.4. The number of halogens is 1. The summed E-state index contributed by atoms with van der Waals surface area (Å²) < 4.78 is 7.80. The van der Waals surface area contributed by atoms with Gasteiger partial charge in [-0.05, 0) is 67.4 Å². The molecule has 3 atom stereocenters. The van der Waals surface area contributed by atoms with E-state index in [9.17, 15) is 0 Å². The lowest BCUT2D eigenvalue weighted by Gasteiger charge is -2.47. The molecule has 0 N–H and O–H groups in total. The monoisotopic (exact) mass is 528 g/mol. The molecule has 2 aromatic rings. The third-order valence-corrected chi connectivity index (χ3v) is 12.3. The Morgan fingerprint density at radius 2 is 1.73 bits per heavy atom. The van der Waals surface area contributed by atoms with Gasteiger partial charge in [0.2, 0.25) is 8.32 Å². The van der Waals surface area contributed by atoms with Crippen LogP contribution in [0.4, 0.5) is 0 Å². The lowest BCUT2D eigenvalue weighted by atomic mass is 9.93. The van der Waals surface area contributed by atoms with Crippen molar-refractivity contribution < 1.29 is 4.43 Å². The number of hydrogen-bond acceptors (Lipinski definition) is 3. The van der Waals surface area contributed by atoms with E-state index < -0.39 is 8.32 Å². The number of rotatable bonds is 7. The van der Waals surface area contributed by atoms with E-state index in [1.807, 2.05) is 6.08 Å². The minimum absolute atomic E-state index is 0.166. The van der Waals surface area contributed by atoms with E-state index in [0.29, 0.717) is 12.1 Å². The van der Waals surface area contributed by atoms with Crippen molar-refractivity contribution in [1.29, 1.82) is 0 Å². The fourth-order valence-electron chi connectivity index (χ4n) is 4.42. The predicted octanol–water partition coefficient (Wildman–Crippen LogP) is 7.50. The molecule has 0 spiro atoms. The molecule has 0 aliphatic carbocycles. The van der Waals surface area contributed by atoms with Gasteiger partial charge in [-0.15, -0.1) is 6.58 Å². The maximum absolute atomic E-state index is 6.69. The van der Waals surface area contributed by atoms with E-state index >= 15 is 0 Å². The number of benzene rings is 2. The van der Waals surface area contributed by atoms with E-state index in [0.717, 1.165) is 29.9 Å². The first-order chi connectivity index (χ1) is 15.4. The number of hydrogen-bond donors (Lipinski definition) is 0. The smallest absolute Gasteiger partial charge is 0.250 e. The summed E-state index contributed by atoms with van der Waals surface area (Å²) >= 11 is 3.61. The average Bonchev–Trinajstić information content (AvgIpc) is 2.72. The van der Waals surface area contributed by atoms with Crippen molar-refractivity contribution in [2.24, 2.45) is 0 Å². The molecule has 0 amide bonds. The molecule has 1 heterocycles. The molecule has 1 fully saturated rings. The van der Waals surface area contributed by atoms with Gasteiger partial charge in [0.25, 0.3) is 0 Å². The molecule has 1 aliphatic rings. The fourth-order valence-corrected chi connectivity index (χ4v) is 5.71. The van der Waals surface area contributed by atoms with Gasteiger partial charge in [-0.3, -0.25) is 9.80 Å². The van der Waals surface area contributed by atoms with E-state index in [4.69, 9.17) is 4.43 Å². The fraction of sp³-hybridized carbons (Fsp3) is 0.500. The molecule has 33 heavy (non-hydrogen) atoms. The largest absolute Gasteiger partial charge is 0.543 e. The van der Waals surface area contributed by atoms with Crippen molar-refractivity contribution in [3.8, 4) is 5.75 Å². The highest BCUT2D eigenvalue weighted by molar-refractivity contribution is 9.10. The van der Waals surface area contributed by atoms with Crippen LogP contribution in [-0.4, -0.2) is 49.8 Å². The summed E-state index contributed by atoms with van der Waals surface area (Å²) in [7, 11) is -1.91. The minimum atomic E-state index is -1.91. The summed E-state index contributed by atoms with van der Waals surface area (Å²) in [6.07, 6.45) is 2.02. The molecule has 3 nitrogen and oxygen atoms in total. The first-order valence-corrected chi connectivity index (χ1v) is 15.8. The maximum Gasteiger partial charge on any atom is 0.250 e. The molecule has 0 radical (unpaired) electrons. The van der Waals surface area contributed by atoms with Gasteiger partial charge < -0.3 is 4.43 Å². The second-order valence-corrected chi connectivity index (χ2v) is 16.7. The van der Waals surface area contributed by atoms with Crippen LogP contribution in [0.2, 0.25) is 18.1 Å². The zero-order chi connectivity index (χ0) is 24.4. The summed E-state index contributed by atoms with van der Waals surface area (Å²) in [4.78, 5) is 5.20. The second-order valence-electron chi connectivity index (χ2n) is 11.0. The zero-order valence-corrected chi connectivity index (χ0v) is 24.0. The maximum atomic E-state index is 6.69. The number of piperazine rings is 1. The quantitative estimate of drug-likeness (QED) is 0.273.